The molecule has 4 nitrogen and oxygen atoms in total. The summed E-state index contributed by atoms with van der Waals surface area (Å²) in [7, 11) is 1.81. The second-order valence-corrected chi connectivity index (χ2v) is 7.11. The van der Waals surface area contributed by atoms with Gasteiger partial charge in [-0.05, 0) is 46.7 Å². The number of para-hydroxylation sites is 2. The number of rotatable bonds is 4. The Morgan fingerprint density at radius 2 is 1.62 bits per heavy atom. The van der Waals surface area contributed by atoms with E-state index >= 15 is 0 Å². The minimum absolute atomic E-state index is 0.00604. The molecule has 0 N–H and O–H groups in total. The molecule has 0 radical (unpaired) electrons. The van der Waals surface area contributed by atoms with Gasteiger partial charge in [0.05, 0.1) is 11.0 Å². The van der Waals surface area contributed by atoms with E-state index < -0.39 is 0 Å². The van der Waals surface area contributed by atoms with Crippen molar-refractivity contribution >= 4 is 39.0 Å². The predicted octanol–water partition coefficient (Wildman–Crippen LogP) is 3.87. The van der Waals surface area contributed by atoms with Crippen LogP contribution < -0.4 is 5.43 Å². The molecule has 0 fully saturated rings. The first-order valence-electron chi connectivity index (χ1n) is 8.40. The molecule has 2 aromatic carbocycles. The highest BCUT2D eigenvalue weighted by atomic mass is 32.1. The lowest BCUT2D eigenvalue weighted by molar-refractivity contribution is -0.130. The topological polar surface area (TPSA) is 42.3 Å². The van der Waals surface area contributed by atoms with Crippen molar-refractivity contribution in [2.75, 3.05) is 7.05 Å². The van der Waals surface area contributed by atoms with Crippen LogP contribution in [0.4, 0.5) is 0 Å². The smallest absolute Gasteiger partial charge is 0.242 e. The fourth-order valence-corrected chi connectivity index (χ4v) is 3.91. The van der Waals surface area contributed by atoms with Crippen molar-refractivity contribution in [2.24, 2.45) is 0 Å². The van der Waals surface area contributed by atoms with Crippen LogP contribution in [-0.4, -0.2) is 22.4 Å². The van der Waals surface area contributed by atoms with Gasteiger partial charge in [-0.3, -0.25) is 9.59 Å². The first-order chi connectivity index (χ1) is 12.6. The molecular weight excluding hydrogens is 344 g/mol. The minimum Gasteiger partial charge on any atom is -0.340 e. The lowest BCUT2D eigenvalue weighted by atomic mass is 10.1. The summed E-state index contributed by atoms with van der Waals surface area (Å²) in [6.07, 6.45) is 0. The van der Waals surface area contributed by atoms with Crippen LogP contribution in [0.1, 0.15) is 5.56 Å². The molecule has 2 heterocycles. The van der Waals surface area contributed by atoms with Gasteiger partial charge in [0.1, 0.15) is 6.54 Å². The van der Waals surface area contributed by atoms with Gasteiger partial charge in [0, 0.05) is 24.4 Å². The quantitative estimate of drug-likeness (QED) is 0.517. The molecule has 1 amide bonds. The zero-order valence-corrected chi connectivity index (χ0v) is 15.2. The van der Waals surface area contributed by atoms with Crippen LogP contribution in [0.3, 0.4) is 0 Å². The summed E-state index contributed by atoms with van der Waals surface area (Å²) < 4.78 is 1.94. The van der Waals surface area contributed by atoms with Gasteiger partial charge in [-0.1, -0.05) is 24.3 Å². The van der Waals surface area contributed by atoms with Crippen molar-refractivity contribution < 1.29 is 4.79 Å². The Labute approximate surface area is 154 Å². The van der Waals surface area contributed by atoms with E-state index in [0.29, 0.717) is 17.3 Å². The highest BCUT2D eigenvalue weighted by Gasteiger charge is 2.15. The molecular formula is C21H18N2O2S. The Kier molecular flexibility index (Phi) is 4.31. The molecule has 5 heteroatoms. The first-order valence-corrected chi connectivity index (χ1v) is 9.35. The Morgan fingerprint density at radius 1 is 1.00 bits per heavy atom. The number of carbonyl (C=O) groups excluding carboxylic acids is 1. The number of nitrogens with zero attached hydrogens (tertiary/aromatic N) is 2. The van der Waals surface area contributed by atoms with Gasteiger partial charge in [0.15, 0.2) is 5.43 Å². The minimum atomic E-state index is 0.00604. The monoisotopic (exact) mass is 362 g/mol. The molecule has 0 saturated carbocycles. The average Bonchev–Trinajstić information content (AvgIpc) is 3.18. The van der Waals surface area contributed by atoms with Crippen LogP contribution >= 0.6 is 11.3 Å². The molecule has 2 aromatic heterocycles. The standard InChI is InChI=1S/C21H18N2O2S/c1-22(12-15-10-11-26-14-15)20(24)13-23-18-8-4-2-6-16(18)21(25)17-7-3-5-9-19(17)23/h2-11,14H,12-13H2,1H3. The van der Waals surface area contributed by atoms with Gasteiger partial charge in [-0.15, -0.1) is 0 Å². The number of aromatic nitrogens is 1. The number of hydrogen-bond donors (Lipinski definition) is 0. The van der Waals surface area contributed by atoms with E-state index in [-0.39, 0.29) is 17.9 Å². The third-order valence-electron chi connectivity index (χ3n) is 4.60. The lowest BCUT2D eigenvalue weighted by Crippen LogP contribution is -2.30. The Morgan fingerprint density at radius 3 is 2.19 bits per heavy atom. The second-order valence-electron chi connectivity index (χ2n) is 6.33. The van der Waals surface area contributed by atoms with Crippen LogP contribution in [0.5, 0.6) is 0 Å². The first kappa shape index (κ1) is 16.5. The molecule has 0 aliphatic rings. The summed E-state index contributed by atoms with van der Waals surface area (Å²) in [6, 6.07) is 17.0. The maximum atomic E-state index is 12.8. The number of carbonyl (C=O) groups is 1. The molecule has 0 spiro atoms. The SMILES string of the molecule is CN(Cc1ccsc1)C(=O)Cn1c2ccccc2c(=O)c2ccccc21. The lowest BCUT2D eigenvalue weighted by Gasteiger charge is -2.20. The molecule has 26 heavy (non-hydrogen) atoms. The van der Waals surface area contributed by atoms with Gasteiger partial charge < -0.3 is 9.47 Å². The summed E-state index contributed by atoms with van der Waals surface area (Å²) in [5, 5.41) is 5.34. The van der Waals surface area contributed by atoms with Gasteiger partial charge in [-0.2, -0.15) is 11.3 Å². The number of likely N-dealkylation sites (N-methyl/N-ethyl adjacent to an activating group) is 1. The molecule has 0 aliphatic carbocycles. The average molecular weight is 362 g/mol. The maximum Gasteiger partial charge on any atom is 0.242 e. The van der Waals surface area contributed by atoms with Crippen LogP contribution in [-0.2, 0) is 17.9 Å². The van der Waals surface area contributed by atoms with E-state index in [4.69, 9.17) is 0 Å². The van der Waals surface area contributed by atoms with Crippen LogP contribution in [0.15, 0.2) is 70.2 Å². The summed E-state index contributed by atoms with van der Waals surface area (Å²) in [6.45, 7) is 0.778. The fraction of sp³-hybridized carbons (Fsp3) is 0.143. The van der Waals surface area contributed by atoms with E-state index in [1.807, 2.05) is 77.0 Å². The molecule has 0 aliphatic heterocycles. The molecule has 0 unspecified atom stereocenters. The normalized spacial score (nSPS) is 11.1. The van der Waals surface area contributed by atoms with Crippen LogP contribution in [0.2, 0.25) is 0 Å². The van der Waals surface area contributed by atoms with Crippen molar-refractivity contribution in [3.05, 3.63) is 81.1 Å². The summed E-state index contributed by atoms with van der Waals surface area (Å²) in [5.74, 6) is 0.00940. The second kappa shape index (κ2) is 6.77. The summed E-state index contributed by atoms with van der Waals surface area (Å²) in [5.41, 5.74) is 2.70. The van der Waals surface area contributed by atoms with Gasteiger partial charge >= 0.3 is 0 Å². The maximum absolute atomic E-state index is 12.8. The third kappa shape index (κ3) is 2.91. The Hall–Kier alpha value is -2.92. The zero-order valence-electron chi connectivity index (χ0n) is 14.4. The summed E-state index contributed by atoms with van der Waals surface area (Å²) >= 11 is 1.62. The molecule has 0 saturated heterocycles. The third-order valence-corrected chi connectivity index (χ3v) is 5.33. The van der Waals surface area contributed by atoms with E-state index in [0.717, 1.165) is 16.6 Å². The van der Waals surface area contributed by atoms with Crippen molar-refractivity contribution in [1.29, 1.82) is 0 Å². The van der Waals surface area contributed by atoms with Crippen molar-refractivity contribution in [2.45, 2.75) is 13.1 Å². The molecule has 130 valence electrons. The zero-order chi connectivity index (χ0) is 18.1. The van der Waals surface area contributed by atoms with Crippen LogP contribution in [0, 0.1) is 0 Å². The molecule has 0 bridgehead atoms. The highest BCUT2D eigenvalue weighted by molar-refractivity contribution is 7.07. The largest absolute Gasteiger partial charge is 0.340 e. The number of fused-ring (bicyclic) bond motifs is 2. The highest BCUT2D eigenvalue weighted by Crippen LogP contribution is 2.19. The number of thiophene rings is 1. The van der Waals surface area contributed by atoms with Crippen molar-refractivity contribution in [3.8, 4) is 0 Å². The number of pyridine rings is 1. The molecule has 4 aromatic rings. The number of hydrogen-bond acceptors (Lipinski definition) is 3. The molecule has 4 rings (SSSR count). The van der Waals surface area contributed by atoms with Crippen LogP contribution in [0.25, 0.3) is 21.8 Å². The molecule has 0 atom stereocenters. The van der Waals surface area contributed by atoms with Gasteiger partial charge in [0.2, 0.25) is 5.91 Å². The van der Waals surface area contributed by atoms with Crippen molar-refractivity contribution in [1.82, 2.24) is 9.47 Å². The van der Waals surface area contributed by atoms with E-state index in [1.54, 1.807) is 16.2 Å². The number of amides is 1. The van der Waals surface area contributed by atoms with E-state index in [2.05, 4.69) is 0 Å². The van der Waals surface area contributed by atoms with E-state index in [9.17, 15) is 9.59 Å². The Balaban J connectivity index is 1.78. The summed E-state index contributed by atoms with van der Waals surface area (Å²) in [4.78, 5) is 27.3. The predicted molar refractivity (Wildman–Crippen MR) is 107 cm³/mol. The van der Waals surface area contributed by atoms with Gasteiger partial charge in [0.25, 0.3) is 0 Å². The fourth-order valence-electron chi connectivity index (χ4n) is 3.25. The van der Waals surface area contributed by atoms with Crippen molar-refractivity contribution in [3.63, 3.8) is 0 Å². The number of benzene rings is 2. The van der Waals surface area contributed by atoms with Gasteiger partial charge in [-0.25, -0.2) is 0 Å². The Bertz CT molecular complexity index is 1090. The van der Waals surface area contributed by atoms with E-state index in [1.165, 1.54) is 0 Å².